The van der Waals surface area contributed by atoms with Crippen LogP contribution in [0.5, 0.6) is 5.75 Å². The molecule has 3 rings (SSSR count). The molecule has 8 nitrogen and oxygen atoms in total. The van der Waals surface area contributed by atoms with Gasteiger partial charge in [-0.25, -0.2) is 4.79 Å². The fraction of sp³-hybridized carbons (Fsp3) is 0.368. The van der Waals surface area contributed by atoms with E-state index in [2.05, 4.69) is 10.3 Å². The van der Waals surface area contributed by atoms with E-state index in [0.29, 0.717) is 29.7 Å². The summed E-state index contributed by atoms with van der Waals surface area (Å²) < 4.78 is 1.46. The lowest BCUT2D eigenvalue weighted by atomic mass is 9.97. The zero-order chi connectivity index (χ0) is 19.4. The normalized spacial score (nSPS) is 13.0. The summed E-state index contributed by atoms with van der Waals surface area (Å²) in [6, 6.07) is 5.77. The predicted octanol–water partition coefficient (Wildman–Crippen LogP) is 0.510. The number of carbonyl (C=O) groups excluding carboxylic acids is 2. The summed E-state index contributed by atoms with van der Waals surface area (Å²) in [5.41, 5.74) is 0.884. The number of amides is 1. The Morgan fingerprint density at radius 1 is 1.11 bits per heavy atom. The molecule has 0 saturated carbocycles. The average molecular weight is 371 g/mol. The third kappa shape index (κ3) is 4.33. The number of Topliss-reactive ketones (excluding diaryl/α,β-unsaturated/α-hetero) is 1. The van der Waals surface area contributed by atoms with Gasteiger partial charge >= 0.3 is 5.69 Å². The molecule has 2 aromatic rings. The van der Waals surface area contributed by atoms with E-state index in [1.807, 2.05) is 0 Å². The van der Waals surface area contributed by atoms with Gasteiger partial charge in [-0.3, -0.25) is 23.9 Å². The number of rotatable bonds is 6. The smallest absolute Gasteiger partial charge is 0.328 e. The van der Waals surface area contributed by atoms with Crippen molar-refractivity contribution in [2.24, 2.45) is 0 Å². The number of nitrogens with zero attached hydrogens (tertiary/aromatic N) is 1. The molecule has 1 aromatic heterocycles. The fourth-order valence-corrected chi connectivity index (χ4v) is 3.26. The number of aromatic nitrogens is 2. The van der Waals surface area contributed by atoms with Crippen molar-refractivity contribution in [3.8, 4) is 5.75 Å². The maximum atomic E-state index is 12.1. The molecule has 0 radical (unpaired) electrons. The Morgan fingerprint density at radius 2 is 1.81 bits per heavy atom. The van der Waals surface area contributed by atoms with Crippen LogP contribution in [0, 0.1) is 0 Å². The monoisotopic (exact) mass is 371 g/mol. The fourth-order valence-electron chi connectivity index (χ4n) is 3.26. The molecular weight excluding hydrogens is 350 g/mol. The maximum Gasteiger partial charge on any atom is 0.328 e. The molecule has 27 heavy (non-hydrogen) atoms. The van der Waals surface area contributed by atoms with E-state index >= 15 is 0 Å². The molecule has 1 amide bonds. The highest BCUT2D eigenvalue weighted by atomic mass is 16.3. The molecule has 1 heterocycles. The number of aromatic hydroxyl groups is 1. The Balaban J connectivity index is 1.60. The number of benzene rings is 1. The third-order valence-electron chi connectivity index (χ3n) is 4.70. The van der Waals surface area contributed by atoms with Gasteiger partial charge in [0.2, 0.25) is 5.91 Å². The second-order valence-corrected chi connectivity index (χ2v) is 6.54. The molecule has 3 N–H and O–H groups in total. The van der Waals surface area contributed by atoms with Gasteiger partial charge in [-0.1, -0.05) is 0 Å². The first-order chi connectivity index (χ1) is 13.0. The first kappa shape index (κ1) is 18.6. The summed E-state index contributed by atoms with van der Waals surface area (Å²) in [7, 11) is 0. The number of hydrogen-bond donors (Lipinski definition) is 3. The van der Waals surface area contributed by atoms with Crippen LogP contribution in [0.4, 0.5) is 0 Å². The number of fused-ring (bicyclic) bond motifs is 1. The summed E-state index contributed by atoms with van der Waals surface area (Å²) in [5.74, 6) is -0.572. The van der Waals surface area contributed by atoms with Crippen LogP contribution in [0.3, 0.4) is 0 Å². The van der Waals surface area contributed by atoms with Crippen LogP contribution in [0.25, 0.3) is 0 Å². The SMILES string of the molecule is O=C(CCn1c2c(c(=O)[nH]c1=O)CCCC2)NCC(=O)c1ccc(O)cc1. The molecular formula is C19H21N3O5. The first-order valence-electron chi connectivity index (χ1n) is 8.89. The molecule has 0 bridgehead atoms. The topological polar surface area (TPSA) is 121 Å². The molecule has 8 heteroatoms. The number of ketones is 1. The number of aromatic amines is 1. The molecule has 0 saturated heterocycles. The number of carbonyl (C=O) groups is 2. The predicted molar refractivity (Wildman–Crippen MR) is 98.0 cm³/mol. The van der Waals surface area contributed by atoms with Crippen LogP contribution in [-0.4, -0.2) is 32.9 Å². The summed E-state index contributed by atoms with van der Waals surface area (Å²) in [6.45, 7) is -0.0145. The van der Waals surface area contributed by atoms with Crippen LogP contribution >= 0.6 is 0 Å². The zero-order valence-corrected chi connectivity index (χ0v) is 14.8. The van der Waals surface area contributed by atoms with Crippen molar-refractivity contribution in [1.29, 1.82) is 0 Å². The molecule has 0 aliphatic heterocycles. The Bertz CT molecular complexity index is 972. The van der Waals surface area contributed by atoms with Gasteiger partial charge < -0.3 is 10.4 Å². The van der Waals surface area contributed by atoms with Gasteiger partial charge in [0.05, 0.1) is 6.54 Å². The molecule has 0 unspecified atom stereocenters. The van der Waals surface area contributed by atoms with Gasteiger partial charge in [0.1, 0.15) is 5.75 Å². The first-order valence-corrected chi connectivity index (χ1v) is 8.89. The molecule has 1 aliphatic carbocycles. The molecule has 142 valence electrons. The Kier molecular flexibility index (Phi) is 5.54. The van der Waals surface area contributed by atoms with Crippen LogP contribution in [0.15, 0.2) is 33.9 Å². The third-order valence-corrected chi connectivity index (χ3v) is 4.70. The summed E-state index contributed by atoms with van der Waals surface area (Å²) in [5, 5.41) is 11.8. The van der Waals surface area contributed by atoms with E-state index in [-0.39, 0.29) is 42.5 Å². The molecule has 0 spiro atoms. The number of hydrogen-bond acceptors (Lipinski definition) is 5. The van der Waals surface area contributed by atoms with E-state index in [1.165, 1.54) is 28.8 Å². The van der Waals surface area contributed by atoms with Crippen molar-refractivity contribution in [2.45, 2.75) is 38.6 Å². The van der Waals surface area contributed by atoms with Crippen molar-refractivity contribution in [3.05, 3.63) is 61.9 Å². The molecule has 0 fully saturated rings. The van der Waals surface area contributed by atoms with Crippen molar-refractivity contribution in [2.75, 3.05) is 6.54 Å². The van der Waals surface area contributed by atoms with Gasteiger partial charge in [0, 0.05) is 29.8 Å². The highest BCUT2D eigenvalue weighted by Crippen LogP contribution is 2.16. The minimum atomic E-state index is -0.506. The Hall–Kier alpha value is -3.16. The van der Waals surface area contributed by atoms with Crippen LogP contribution in [0.2, 0.25) is 0 Å². The molecule has 0 atom stereocenters. The van der Waals surface area contributed by atoms with Crippen molar-refractivity contribution in [3.63, 3.8) is 0 Å². The van der Waals surface area contributed by atoms with Crippen molar-refractivity contribution < 1.29 is 14.7 Å². The van der Waals surface area contributed by atoms with Gasteiger partial charge in [0.15, 0.2) is 5.78 Å². The minimum absolute atomic E-state index is 0.0290. The standard InChI is InChI=1S/C19H21N3O5/c23-13-7-5-12(6-8-13)16(24)11-20-17(25)9-10-22-15-4-2-1-3-14(15)18(26)21-19(22)27/h5-8,23H,1-4,9-11H2,(H,20,25)(H,21,26,27). The lowest BCUT2D eigenvalue weighted by molar-refractivity contribution is -0.121. The van der Waals surface area contributed by atoms with Crippen LogP contribution in [0.1, 0.15) is 40.9 Å². The van der Waals surface area contributed by atoms with E-state index in [9.17, 15) is 24.3 Å². The lowest BCUT2D eigenvalue weighted by Gasteiger charge is -2.19. The number of H-pyrrole nitrogens is 1. The lowest BCUT2D eigenvalue weighted by Crippen LogP contribution is -2.38. The Morgan fingerprint density at radius 3 is 2.56 bits per heavy atom. The number of nitrogens with one attached hydrogen (secondary N) is 2. The van der Waals surface area contributed by atoms with Crippen molar-refractivity contribution in [1.82, 2.24) is 14.9 Å². The maximum absolute atomic E-state index is 12.1. The van der Waals surface area contributed by atoms with Crippen molar-refractivity contribution >= 4 is 11.7 Å². The van der Waals surface area contributed by atoms with Crippen LogP contribution < -0.4 is 16.6 Å². The zero-order valence-electron chi connectivity index (χ0n) is 14.8. The quantitative estimate of drug-likeness (QED) is 0.639. The summed E-state index contributed by atoms with van der Waals surface area (Å²) in [4.78, 5) is 50.4. The Labute approximate surface area is 154 Å². The summed E-state index contributed by atoms with van der Waals surface area (Å²) >= 11 is 0. The largest absolute Gasteiger partial charge is 0.508 e. The number of phenolic OH excluding ortho intramolecular Hbond substituents is 1. The second-order valence-electron chi connectivity index (χ2n) is 6.54. The highest BCUT2D eigenvalue weighted by Gasteiger charge is 2.18. The van der Waals surface area contributed by atoms with Crippen LogP contribution in [-0.2, 0) is 24.2 Å². The van der Waals surface area contributed by atoms with E-state index in [1.54, 1.807) is 0 Å². The van der Waals surface area contributed by atoms with Gasteiger partial charge in [-0.05, 0) is 49.9 Å². The van der Waals surface area contributed by atoms with Gasteiger partial charge in [0.25, 0.3) is 5.56 Å². The van der Waals surface area contributed by atoms with E-state index in [4.69, 9.17) is 0 Å². The minimum Gasteiger partial charge on any atom is -0.508 e. The molecule has 1 aromatic carbocycles. The van der Waals surface area contributed by atoms with Gasteiger partial charge in [-0.15, -0.1) is 0 Å². The number of phenols is 1. The van der Waals surface area contributed by atoms with E-state index < -0.39 is 5.69 Å². The van der Waals surface area contributed by atoms with E-state index in [0.717, 1.165) is 12.8 Å². The molecule has 1 aliphatic rings. The average Bonchev–Trinajstić information content (AvgIpc) is 2.66. The highest BCUT2D eigenvalue weighted by molar-refractivity contribution is 5.99. The summed E-state index contributed by atoms with van der Waals surface area (Å²) in [6.07, 6.45) is 3.13. The second kappa shape index (κ2) is 8.03. The van der Waals surface area contributed by atoms with Gasteiger partial charge in [-0.2, -0.15) is 0 Å².